The highest BCUT2D eigenvalue weighted by molar-refractivity contribution is 7.79. The van der Waals surface area contributed by atoms with Gasteiger partial charge in [-0.05, 0) is 17.1 Å². The minimum atomic E-state index is -2.41. The van der Waals surface area contributed by atoms with Gasteiger partial charge in [-0.25, -0.2) is 9.97 Å². The Kier molecular flexibility index (Phi) is 2.88. The predicted molar refractivity (Wildman–Crippen MR) is 44.7 cm³/mol. The summed E-state index contributed by atoms with van der Waals surface area (Å²) in [6.45, 7) is 0. The van der Waals surface area contributed by atoms with Gasteiger partial charge in [0.2, 0.25) is 0 Å². The second-order valence-corrected chi connectivity index (χ2v) is 2.85. The van der Waals surface area contributed by atoms with Gasteiger partial charge in [0.05, 0.1) is 0 Å². The molecule has 0 saturated carbocycles. The van der Waals surface area contributed by atoms with Crippen LogP contribution >= 0.6 is 0 Å². The highest BCUT2D eigenvalue weighted by atomic mass is 32.2. The van der Waals surface area contributed by atoms with Crippen molar-refractivity contribution in [2.24, 2.45) is 16.5 Å². The van der Waals surface area contributed by atoms with Gasteiger partial charge in [0.1, 0.15) is 5.03 Å². The van der Waals surface area contributed by atoms with Crippen LogP contribution in [-0.2, 0) is 11.1 Å². The summed E-state index contributed by atoms with van der Waals surface area (Å²) >= 11 is -2.41. The summed E-state index contributed by atoms with van der Waals surface area (Å²) in [5.74, 6) is -0.310. The number of rotatable bonds is 2. The molecule has 4 N–H and O–H groups in total. The molecule has 0 spiro atoms. The van der Waals surface area contributed by atoms with Crippen molar-refractivity contribution in [2.45, 2.75) is 5.03 Å². The lowest BCUT2D eigenvalue weighted by Gasteiger charge is -2.02. The Bertz CT molecular complexity index is 362. The fourth-order valence-electron chi connectivity index (χ4n) is 0.595. The third-order valence-electron chi connectivity index (χ3n) is 1.02. The Morgan fingerprint density at radius 2 is 2.31 bits per heavy atom. The molecule has 7 nitrogen and oxygen atoms in total. The standard InChI is InChI=1S/C5H7N5O2S/c6-4(7)10-5-8-2-1-3(9-5)13(11)12/h1-2H,(H,11,12)(H4,6,7,8,9,10)/p-1. The Morgan fingerprint density at radius 1 is 1.62 bits per heavy atom. The van der Waals surface area contributed by atoms with Crippen molar-refractivity contribution in [3.63, 3.8) is 0 Å². The number of aliphatic imine (C=N–C) groups is 1. The number of nitrogens with zero attached hydrogens (tertiary/aromatic N) is 3. The molecule has 0 amide bonds. The minimum Gasteiger partial charge on any atom is -0.767 e. The van der Waals surface area contributed by atoms with E-state index in [9.17, 15) is 8.76 Å². The second-order valence-electron chi connectivity index (χ2n) is 1.97. The van der Waals surface area contributed by atoms with E-state index < -0.39 is 11.1 Å². The van der Waals surface area contributed by atoms with Crippen LogP contribution in [0.2, 0.25) is 0 Å². The van der Waals surface area contributed by atoms with E-state index in [4.69, 9.17) is 11.5 Å². The van der Waals surface area contributed by atoms with Crippen LogP contribution in [0.25, 0.3) is 0 Å². The van der Waals surface area contributed by atoms with Gasteiger partial charge in [0.15, 0.2) is 5.96 Å². The van der Waals surface area contributed by atoms with Crippen molar-refractivity contribution in [1.82, 2.24) is 9.97 Å². The van der Waals surface area contributed by atoms with Crippen LogP contribution in [0.15, 0.2) is 22.3 Å². The number of aromatic nitrogens is 2. The van der Waals surface area contributed by atoms with Crippen molar-refractivity contribution in [3.8, 4) is 0 Å². The molecule has 0 aliphatic heterocycles. The van der Waals surface area contributed by atoms with E-state index in [0.717, 1.165) is 0 Å². The zero-order chi connectivity index (χ0) is 9.84. The molecule has 1 unspecified atom stereocenters. The van der Waals surface area contributed by atoms with Crippen LogP contribution in [0.3, 0.4) is 0 Å². The van der Waals surface area contributed by atoms with Crippen molar-refractivity contribution in [1.29, 1.82) is 0 Å². The summed E-state index contributed by atoms with van der Waals surface area (Å²) in [6.07, 6.45) is 1.25. The SMILES string of the molecule is NC(N)=Nc1nccc(S(=O)[O-])n1. The van der Waals surface area contributed by atoms with Gasteiger partial charge in [-0.3, -0.25) is 4.21 Å². The molecule has 0 fully saturated rings. The van der Waals surface area contributed by atoms with Gasteiger partial charge in [0.25, 0.3) is 5.95 Å². The van der Waals surface area contributed by atoms with Crippen LogP contribution in [0.5, 0.6) is 0 Å². The zero-order valence-electron chi connectivity index (χ0n) is 6.38. The highest BCUT2D eigenvalue weighted by Crippen LogP contribution is 2.05. The summed E-state index contributed by atoms with van der Waals surface area (Å²) in [7, 11) is 0. The van der Waals surface area contributed by atoms with E-state index in [-0.39, 0.29) is 16.9 Å². The molecule has 0 bridgehead atoms. The summed E-state index contributed by atoms with van der Waals surface area (Å²) in [6, 6.07) is 1.23. The van der Waals surface area contributed by atoms with Crippen molar-refractivity contribution < 1.29 is 8.76 Å². The predicted octanol–water partition coefficient (Wildman–Crippen LogP) is -1.38. The quantitative estimate of drug-likeness (QED) is 0.262. The maximum atomic E-state index is 10.4. The third kappa shape index (κ3) is 2.76. The van der Waals surface area contributed by atoms with E-state index in [2.05, 4.69) is 15.0 Å². The van der Waals surface area contributed by atoms with E-state index in [1.165, 1.54) is 12.3 Å². The first-order valence-corrected chi connectivity index (χ1v) is 4.19. The van der Waals surface area contributed by atoms with Crippen LogP contribution in [0.4, 0.5) is 5.95 Å². The Balaban J connectivity index is 3.06. The molecule has 0 radical (unpaired) electrons. The average Bonchev–Trinajstić information content (AvgIpc) is 2.03. The van der Waals surface area contributed by atoms with Crippen LogP contribution < -0.4 is 11.5 Å². The molecule has 1 heterocycles. The molecule has 0 aliphatic rings. The molecule has 0 aliphatic carbocycles. The number of nitrogens with two attached hydrogens (primary N) is 2. The van der Waals surface area contributed by atoms with Gasteiger partial charge in [0, 0.05) is 6.20 Å². The highest BCUT2D eigenvalue weighted by Gasteiger charge is 1.97. The summed E-state index contributed by atoms with van der Waals surface area (Å²) in [4.78, 5) is 10.7. The smallest absolute Gasteiger partial charge is 0.253 e. The molecule has 13 heavy (non-hydrogen) atoms. The minimum absolute atomic E-state index is 0.0818. The molecule has 0 saturated heterocycles. The largest absolute Gasteiger partial charge is 0.767 e. The molecule has 1 aromatic heterocycles. The maximum Gasteiger partial charge on any atom is 0.253 e. The first kappa shape index (κ1) is 9.55. The van der Waals surface area contributed by atoms with Crippen molar-refractivity contribution >= 4 is 23.0 Å². The van der Waals surface area contributed by atoms with Crippen LogP contribution in [-0.4, -0.2) is 24.7 Å². The normalized spacial score (nSPS) is 12.1. The number of hydrogen-bond donors (Lipinski definition) is 2. The molecule has 1 atom stereocenters. The average molecular weight is 200 g/mol. The lowest BCUT2D eigenvalue weighted by Crippen LogP contribution is -2.22. The van der Waals surface area contributed by atoms with Gasteiger partial charge in [-0.15, -0.1) is 0 Å². The third-order valence-corrected chi connectivity index (χ3v) is 1.59. The van der Waals surface area contributed by atoms with Crippen LogP contribution in [0.1, 0.15) is 0 Å². The summed E-state index contributed by atoms with van der Waals surface area (Å²) in [5, 5.41) is -0.157. The van der Waals surface area contributed by atoms with Gasteiger partial charge < -0.3 is 16.0 Å². The summed E-state index contributed by atoms with van der Waals surface area (Å²) in [5.41, 5.74) is 10.1. The monoisotopic (exact) mass is 200 g/mol. The van der Waals surface area contributed by atoms with E-state index in [1.807, 2.05) is 0 Å². The molecule has 1 aromatic rings. The Labute approximate surface area is 76.2 Å². The van der Waals surface area contributed by atoms with E-state index in [0.29, 0.717) is 0 Å². The molecule has 0 aromatic carbocycles. The summed E-state index contributed by atoms with van der Waals surface area (Å²) < 4.78 is 20.9. The zero-order valence-corrected chi connectivity index (χ0v) is 7.19. The lowest BCUT2D eigenvalue weighted by molar-refractivity contribution is 0.533. The second kappa shape index (κ2) is 3.92. The maximum absolute atomic E-state index is 10.4. The van der Waals surface area contributed by atoms with E-state index in [1.54, 1.807) is 0 Å². The van der Waals surface area contributed by atoms with Crippen LogP contribution in [0, 0.1) is 0 Å². The van der Waals surface area contributed by atoms with Crippen molar-refractivity contribution in [2.75, 3.05) is 0 Å². The van der Waals surface area contributed by atoms with Gasteiger partial charge in [-0.1, -0.05) is 0 Å². The topological polar surface area (TPSA) is 130 Å². The van der Waals surface area contributed by atoms with Gasteiger partial charge >= 0.3 is 0 Å². The molecule has 1 rings (SSSR count). The van der Waals surface area contributed by atoms with Gasteiger partial charge in [-0.2, -0.15) is 4.99 Å². The molecule has 70 valence electrons. The number of hydrogen-bond acceptors (Lipinski definition) is 5. The van der Waals surface area contributed by atoms with E-state index >= 15 is 0 Å². The van der Waals surface area contributed by atoms with Crippen molar-refractivity contribution in [3.05, 3.63) is 12.3 Å². The fraction of sp³-hybridized carbons (Fsp3) is 0. The Morgan fingerprint density at radius 3 is 2.85 bits per heavy atom. The molecular formula is C5H6N5O2S-. The Hall–Kier alpha value is -1.54. The molecular weight excluding hydrogens is 194 g/mol. The lowest BCUT2D eigenvalue weighted by atomic mass is 10.7. The first-order chi connectivity index (χ1) is 6.09. The fourth-order valence-corrected chi connectivity index (χ4v) is 0.923. The first-order valence-electron chi connectivity index (χ1n) is 3.11. The number of guanidine groups is 1. The molecule has 8 heteroatoms.